The van der Waals surface area contributed by atoms with Crippen LogP contribution >= 0.6 is 23.2 Å². The average Bonchev–Trinajstić information content (AvgIpc) is 3.09. The lowest BCUT2D eigenvalue weighted by Crippen LogP contribution is -2.48. The van der Waals surface area contributed by atoms with E-state index in [1.165, 1.54) is 0 Å². The van der Waals surface area contributed by atoms with Crippen LogP contribution in [0.1, 0.15) is 5.76 Å². The normalized spacial score (nSPS) is 15.4. The van der Waals surface area contributed by atoms with Crippen LogP contribution in [-0.4, -0.2) is 37.0 Å². The Morgan fingerprint density at radius 1 is 1.09 bits per heavy atom. The summed E-state index contributed by atoms with van der Waals surface area (Å²) in [6.45, 7) is 2.86. The van der Waals surface area contributed by atoms with Gasteiger partial charge in [-0.05, 0) is 36.4 Å². The summed E-state index contributed by atoms with van der Waals surface area (Å²) in [6, 6.07) is 9.20. The highest BCUT2D eigenvalue weighted by Gasteiger charge is 2.20. The van der Waals surface area contributed by atoms with Gasteiger partial charge in [-0.15, -0.1) is 0 Å². The second kappa shape index (κ2) is 7.11. The van der Waals surface area contributed by atoms with Crippen molar-refractivity contribution in [3.05, 3.63) is 58.5 Å². The van der Waals surface area contributed by atoms with Crippen molar-refractivity contribution < 1.29 is 9.21 Å². The van der Waals surface area contributed by atoms with Crippen molar-refractivity contribution in [3.8, 4) is 0 Å². The molecule has 1 amide bonds. The minimum atomic E-state index is -0.00446. The van der Waals surface area contributed by atoms with Crippen molar-refractivity contribution in [1.29, 1.82) is 0 Å². The SMILES string of the molecule is O=C(/C=C/c1ccco1)N1CCN(c2ccc(Cl)c(Cl)c2)CC1. The van der Waals surface area contributed by atoms with Gasteiger partial charge in [-0.2, -0.15) is 0 Å². The minimum Gasteiger partial charge on any atom is -0.465 e. The van der Waals surface area contributed by atoms with Crippen molar-refractivity contribution in [2.75, 3.05) is 31.1 Å². The molecule has 2 aromatic rings. The van der Waals surface area contributed by atoms with Gasteiger partial charge < -0.3 is 14.2 Å². The van der Waals surface area contributed by atoms with Crippen LogP contribution < -0.4 is 4.90 Å². The standard InChI is InChI=1S/C17H16Cl2N2O2/c18-15-5-3-13(12-16(15)19)20-7-9-21(10-8-20)17(22)6-4-14-2-1-11-23-14/h1-6,11-12H,7-10H2/b6-4+. The fourth-order valence-electron chi connectivity index (χ4n) is 2.51. The molecule has 1 saturated heterocycles. The molecular formula is C17H16Cl2N2O2. The summed E-state index contributed by atoms with van der Waals surface area (Å²) in [5.74, 6) is 0.669. The molecule has 1 aromatic heterocycles. The highest BCUT2D eigenvalue weighted by atomic mass is 35.5. The Balaban J connectivity index is 1.57. The first-order valence-electron chi connectivity index (χ1n) is 7.34. The third-order valence-corrected chi connectivity index (χ3v) is 4.53. The number of piperazine rings is 1. The number of benzene rings is 1. The van der Waals surface area contributed by atoms with Crippen LogP contribution in [0.3, 0.4) is 0 Å². The Hall–Kier alpha value is -1.91. The third-order valence-electron chi connectivity index (χ3n) is 3.79. The molecule has 1 aliphatic heterocycles. The molecule has 120 valence electrons. The molecule has 0 N–H and O–H groups in total. The van der Waals surface area contributed by atoms with E-state index in [2.05, 4.69) is 4.90 Å². The van der Waals surface area contributed by atoms with Gasteiger partial charge in [0.15, 0.2) is 0 Å². The van der Waals surface area contributed by atoms with Crippen molar-refractivity contribution in [1.82, 2.24) is 4.90 Å². The predicted molar refractivity (Wildman–Crippen MR) is 93.0 cm³/mol. The van der Waals surface area contributed by atoms with Gasteiger partial charge in [0.2, 0.25) is 5.91 Å². The van der Waals surface area contributed by atoms with E-state index >= 15 is 0 Å². The lowest BCUT2D eigenvalue weighted by atomic mass is 10.2. The second-order valence-electron chi connectivity index (χ2n) is 5.26. The van der Waals surface area contributed by atoms with Gasteiger partial charge in [-0.1, -0.05) is 23.2 Å². The minimum absolute atomic E-state index is 0.00446. The topological polar surface area (TPSA) is 36.7 Å². The molecule has 3 rings (SSSR count). The van der Waals surface area contributed by atoms with Crippen molar-refractivity contribution in [2.45, 2.75) is 0 Å². The summed E-state index contributed by atoms with van der Waals surface area (Å²) in [5, 5.41) is 1.09. The van der Waals surface area contributed by atoms with Crippen LogP contribution in [-0.2, 0) is 4.79 Å². The number of nitrogens with zero attached hydrogens (tertiary/aromatic N) is 2. The van der Waals surface area contributed by atoms with Gasteiger partial charge in [0.25, 0.3) is 0 Å². The van der Waals surface area contributed by atoms with Gasteiger partial charge in [0.05, 0.1) is 16.3 Å². The monoisotopic (exact) mass is 350 g/mol. The maximum absolute atomic E-state index is 12.2. The van der Waals surface area contributed by atoms with Crippen LogP contribution in [0, 0.1) is 0 Å². The predicted octanol–water partition coefficient (Wildman–Crippen LogP) is 3.95. The van der Waals surface area contributed by atoms with E-state index in [4.69, 9.17) is 27.6 Å². The number of carbonyl (C=O) groups is 1. The number of hydrogen-bond donors (Lipinski definition) is 0. The molecular weight excluding hydrogens is 335 g/mol. The Labute approximate surface area is 144 Å². The van der Waals surface area contributed by atoms with E-state index in [-0.39, 0.29) is 5.91 Å². The third kappa shape index (κ3) is 3.89. The van der Waals surface area contributed by atoms with Gasteiger partial charge in [0.1, 0.15) is 5.76 Å². The largest absolute Gasteiger partial charge is 0.465 e. The Morgan fingerprint density at radius 3 is 2.52 bits per heavy atom. The first-order chi connectivity index (χ1) is 11.1. The molecule has 6 heteroatoms. The maximum Gasteiger partial charge on any atom is 0.246 e. The van der Waals surface area contributed by atoms with E-state index in [0.717, 1.165) is 18.8 Å². The molecule has 4 nitrogen and oxygen atoms in total. The highest BCUT2D eigenvalue weighted by molar-refractivity contribution is 6.42. The van der Waals surface area contributed by atoms with Gasteiger partial charge in [-0.3, -0.25) is 4.79 Å². The maximum atomic E-state index is 12.2. The zero-order valence-corrected chi connectivity index (χ0v) is 13.9. The first-order valence-corrected chi connectivity index (χ1v) is 8.09. The van der Waals surface area contributed by atoms with Crippen molar-refractivity contribution in [2.24, 2.45) is 0 Å². The van der Waals surface area contributed by atoms with Gasteiger partial charge in [-0.25, -0.2) is 0 Å². The number of halogens is 2. The summed E-state index contributed by atoms with van der Waals surface area (Å²) < 4.78 is 5.18. The average molecular weight is 351 g/mol. The number of furan rings is 1. The van der Waals surface area contributed by atoms with E-state index in [0.29, 0.717) is 28.9 Å². The van der Waals surface area contributed by atoms with E-state index < -0.39 is 0 Å². The fourth-order valence-corrected chi connectivity index (χ4v) is 2.80. The van der Waals surface area contributed by atoms with Crippen LogP contribution in [0.5, 0.6) is 0 Å². The molecule has 0 atom stereocenters. The van der Waals surface area contributed by atoms with Crippen molar-refractivity contribution in [3.63, 3.8) is 0 Å². The van der Waals surface area contributed by atoms with Gasteiger partial charge >= 0.3 is 0 Å². The summed E-state index contributed by atoms with van der Waals surface area (Å²) in [6.07, 6.45) is 4.82. The highest BCUT2D eigenvalue weighted by Crippen LogP contribution is 2.27. The van der Waals surface area contributed by atoms with Gasteiger partial charge in [0, 0.05) is 37.9 Å². The van der Waals surface area contributed by atoms with Crippen molar-refractivity contribution >= 4 is 40.9 Å². The molecule has 0 radical (unpaired) electrons. The summed E-state index contributed by atoms with van der Waals surface area (Å²) >= 11 is 12.0. The quantitative estimate of drug-likeness (QED) is 0.786. The molecule has 1 aromatic carbocycles. The molecule has 1 fully saturated rings. The molecule has 0 aliphatic carbocycles. The Kier molecular flexibility index (Phi) is 4.94. The number of amides is 1. The summed E-state index contributed by atoms with van der Waals surface area (Å²) in [4.78, 5) is 16.2. The lowest BCUT2D eigenvalue weighted by Gasteiger charge is -2.35. The Bertz CT molecular complexity index is 705. The molecule has 23 heavy (non-hydrogen) atoms. The van der Waals surface area contributed by atoms with E-state index in [1.807, 2.05) is 23.1 Å². The van der Waals surface area contributed by atoms with Crippen LogP contribution in [0.15, 0.2) is 47.1 Å². The molecule has 0 saturated carbocycles. The number of hydrogen-bond acceptors (Lipinski definition) is 3. The summed E-state index contributed by atoms with van der Waals surface area (Å²) in [7, 11) is 0. The molecule has 2 heterocycles. The lowest BCUT2D eigenvalue weighted by molar-refractivity contribution is -0.126. The molecule has 0 unspecified atom stereocenters. The summed E-state index contributed by atoms with van der Waals surface area (Å²) in [5.41, 5.74) is 1.03. The number of rotatable bonds is 3. The number of anilines is 1. The number of carbonyl (C=O) groups excluding carboxylic acids is 1. The molecule has 0 spiro atoms. The smallest absolute Gasteiger partial charge is 0.246 e. The van der Waals surface area contributed by atoms with Crippen LogP contribution in [0.25, 0.3) is 6.08 Å². The fraction of sp³-hybridized carbons (Fsp3) is 0.235. The molecule has 0 bridgehead atoms. The molecule has 1 aliphatic rings. The van der Waals surface area contributed by atoms with Crippen LogP contribution in [0.2, 0.25) is 10.0 Å². The second-order valence-corrected chi connectivity index (χ2v) is 6.07. The zero-order valence-electron chi connectivity index (χ0n) is 12.4. The first kappa shape index (κ1) is 16.0. The van der Waals surface area contributed by atoms with Crippen LogP contribution in [0.4, 0.5) is 5.69 Å². The van der Waals surface area contributed by atoms with E-state index in [1.54, 1.807) is 30.5 Å². The van der Waals surface area contributed by atoms with E-state index in [9.17, 15) is 4.79 Å². The zero-order chi connectivity index (χ0) is 16.2. The Morgan fingerprint density at radius 2 is 1.87 bits per heavy atom.